The second kappa shape index (κ2) is 7.92. The lowest BCUT2D eigenvalue weighted by atomic mass is 10.0. The highest BCUT2D eigenvalue weighted by Gasteiger charge is 2.14. The van der Waals surface area contributed by atoms with Crippen LogP contribution >= 0.6 is 0 Å². The van der Waals surface area contributed by atoms with Gasteiger partial charge in [0, 0.05) is 18.2 Å². The number of hydrogen-bond acceptors (Lipinski definition) is 2. The highest BCUT2D eigenvalue weighted by atomic mass is 16.4. The molecule has 0 bridgehead atoms. The quantitative estimate of drug-likeness (QED) is 0.507. The van der Waals surface area contributed by atoms with E-state index in [1.54, 1.807) is 0 Å². The van der Waals surface area contributed by atoms with Crippen LogP contribution in [0.1, 0.15) is 12.0 Å². The van der Waals surface area contributed by atoms with Gasteiger partial charge in [0.05, 0.1) is 11.4 Å². The Labute approximate surface area is 163 Å². The first-order chi connectivity index (χ1) is 13.7. The van der Waals surface area contributed by atoms with Crippen molar-refractivity contribution in [3.63, 3.8) is 0 Å². The van der Waals surface area contributed by atoms with Gasteiger partial charge in [0.15, 0.2) is 0 Å². The molecule has 4 rings (SSSR count). The predicted octanol–water partition coefficient (Wildman–Crippen LogP) is 5.22. The van der Waals surface area contributed by atoms with Gasteiger partial charge in [-0.25, -0.2) is 4.68 Å². The molecule has 1 N–H and O–H groups in total. The van der Waals surface area contributed by atoms with Crippen molar-refractivity contribution in [2.75, 3.05) is 0 Å². The normalized spacial score (nSPS) is 10.7. The van der Waals surface area contributed by atoms with Gasteiger partial charge >= 0.3 is 5.97 Å². The summed E-state index contributed by atoms with van der Waals surface area (Å²) in [7, 11) is 0. The number of aryl methyl sites for hydroxylation is 1. The number of para-hydroxylation sites is 1. The first-order valence-electron chi connectivity index (χ1n) is 9.22. The summed E-state index contributed by atoms with van der Waals surface area (Å²) in [6, 6.07) is 28.3. The minimum absolute atomic E-state index is 0.0790. The van der Waals surface area contributed by atoms with Crippen LogP contribution in [0.4, 0.5) is 0 Å². The molecule has 0 aliphatic rings. The minimum atomic E-state index is -0.808. The summed E-state index contributed by atoms with van der Waals surface area (Å²) in [5, 5.41) is 13.9. The molecule has 0 fully saturated rings. The first-order valence-corrected chi connectivity index (χ1v) is 9.22. The summed E-state index contributed by atoms with van der Waals surface area (Å²) < 4.78 is 1.82. The van der Waals surface area contributed by atoms with E-state index in [1.165, 1.54) is 0 Å². The fraction of sp³-hybridized carbons (Fsp3) is 0.0833. The fourth-order valence-corrected chi connectivity index (χ4v) is 3.24. The molecule has 1 aromatic heterocycles. The summed E-state index contributed by atoms with van der Waals surface area (Å²) in [4.78, 5) is 11.1. The molecule has 4 nitrogen and oxygen atoms in total. The molecule has 1 heterocycles. The molecule has 0 atom stereocenters. The molecular formula is C24H20N2O2. The lowest BCUT2D eigenvalue weighted by Crippen LogP contribution is -1.97. The third-order valence-electron chi connectivity index (χ3n) is 4.68. The topological polar surface area (TPSA) is 55.1 Å². The molecule has 0 saturated carbocycles. The van der Waals surface area contributed by atoms with Crippen molar-refractivity contribution < 1.29 is 9.90 Å². The van der Waals surface area contributed by atoms with Crippen LogP contribution in [0.25, 0.3) is 28.1 Å². The molecule has 0 amide bonds. The van der Waals surface area contributed by atoms with Crippen molar-refractivity contribution in [3.05, 3.63) is 96.7 Å². The molecule has 138 valence electrons. The van der Waals surface area contributed by atoms with E-state index in [9.17, 15) is 4.79 Å². The maximum Gasteiger partial charge on any atom is 0.303 e. The minimum Gasteiger partial charge on any atom is -0.481 e. The maximum absolute atomic E-state index is 11.1. The number of carbonyl (C=O) groups is 1. The number of benzene rings is 3. The molecule has 0 aliphatic carbocycles. The summed E-state index contributed by atoms with van der Waals surface area (Å²) >= 11 is 0. The average Bonchev–Trinajstić information content (AvgIpc) is 3.18. The summed E-state index contributed by atoms with van der Waals surface area (Å²) in [6.07, 6.45) is 2.45. The molecule has 28 heavy (non-hydrogen) atoms. The van der Waals surface area contributed by atoms with Crippen LogP contribution in [-0.2, 0) is 11.2 Å². The average molecular weight is 368 g/mol. The van der Waals surface area contributed by atoms with Crippen molar-refractivity contribution >= 4 is 5.97 Å². The monoisotopic (exact) mass is 368 g/mol. The standard InChI is InChI=1S/C24H20N2O2/c27-23(28)16-15-21-17-26(22-9-5-2-6-10-22)25-24(21)20-13-11-19(12-14-20)18-7-3-1-4-8-18/h1-14,17H,15-16H2,(H,27,28). The van der Waals surface area contributed by atoms with E-state index in [4.69, 9.17) is 10.2 Å². The molecule has 0 saturated heterocycles. The number of rotatable bonds is 6. The second-order valence-electron chi connectivity index (χ2n) is 6.62. The number of aromatic nitrogens is 2. The van der Waals surface area contributed by atoms with Gasteiger partial charge in [0.2, 0.25) is 0 Å². The summed E-state index contributed by atoms with van der Waals surface area (Å²) in [6.45, 7) is 0. The van der Waals surface area contributed by atoms with Crippen LogP contribution in [0.2, 0.25) is 0 Å². The van der Waals surface area contributed by atoms with Gasteiger partial charge in [-0.3, -0.25) is 4.79 Å². The molecule has 4 aromatic rings. The van der Waals surface area contributed by atoms with Crippen molar-refractivity contribution in [2.24, 2.45) is 0 Å². The van der Waals surface area contributed by atoms with Gasteiger partial charge in [-0.1, -0.05) is 72.8 Å². The Hall–Kier alpha value is -3.66. The number of hydrogen-bond donors (Lipinski definition) is 1. The van der Waals surface area contributed by atoms with Crippen molar-refractivity contribution in [2.45, 2.75) is 12.8 Å². The van der Waals surface area contributed by atoms with E-state index in [2.05, 4.69) is 24.3 Å². The predicted molar refractivity (Wildman–Crippen MR) is 110 cm³/mol. The Morgan fingerprint density at radius 2 is 1.36 bits per heavy atom. The zero-order valence-electron chi connectivity index (χ0n) is 15.3. The van der Waals surface area contributed by atoms with Crippen LogP contribution in [0, 0.1) is 0 Å². The smallest absolute Gasteiger partial charge is 0.303 e. The van der Waals surface area contributed by atoms with Gasteiger partial charge in [-0.2, -0.15) is 5.10 Å². The molecule has 4 heteroatoms. The van der Waals surface area contributed by atoms with Crippen LogP contribution in [0.3, 0.4) is 0 Å². The Balaban J connectivity index is 1.71. The number of aliphatic carboxylic acids is 1. The van der Waals surface area contributed by atoms with Crippen LogP contribution in [0.5, 0.6) is 0 Å². The van der Waals surface area contributed by atoms with Crippen molar-refractivity contribution in [1.82, 2.24) is 9.78 Å². The highest BCUT2D eigenvalue weighted by molar-refractivity contribution is 5.71. The van der Waals surface area contributed by atoms with Gasteiger partial charge in [0.25, 0.3) is 0 Å². The van der Waals surface area contributed by atoms with Gasteiger partial charge < -0.3 is 5.11 Å². The third kappa shape index (κ3) is 3.86. The molecular weight excluding hydrogens is 348 g/mol. The van der Waals surface area contributed by atoms with Gasteiger partial charge in [-0.05, 0) is 35.2 Å². The Bertz CT molecular complexity index is 1070. The maximum atomic E-state index is 11.1. The lowest BCUT2D eigenvalue weighted by molar-refractivity contribution is -0.136. The van der Waals surface area contributed by atoms with E-state index in [1.807, 2.05) is 71.5 Å². The Morgan fingerprint density at radius 1 is 0.786 bits per heavy atom. The van der Waals surface area contributed by atoms with Crippen molar-refractivity contribution in [1.29, 1.82) is 0 Å². The molecule has 3 aromatic carbocycles. The Kier molecular flexibility index (Phi) is 5.02. The summed E-state index contributed by atoms with van der Waals surface area (Å²) in [5.41, 5.74) is 5.98. The zero-order valence-corrected chi connectivity index (χ0v) is 15.3. The molecule has 0 aliphatic heterocycles. The molecule has 0 spiro atoms. The van der Waals surface area contributed by atoms with E-state index in [0.717, 1.165) is 33.6 Å². The zero-order chi connectivity index (χ0) is 19.3. The van der Waals surface area contributed by atoms with E-state index in [0.29, 0.717) is 6.42 Å². The lowest BCUT2D eigenvalue weighted by Gasteiger charge is -2.05. The van der Waals surface area contributed by atoms with Crippen LogP contribution in [-0.4, -0.2) is 20.9 Å². The molecule has 0 unspecified atom stereocenters. The largest absolute Gasteiger partial charge is 0.481 e. The van der Waals surface area contributed by atoms with Crippen molar-refractivity contribution in [3.8, 4) is 28.1 Å². The fourth-order valence-electron chi connectivity index (χ4n) is 3.24. The van der Waals surface area contributed by atoms with Crippen LogP contribution < -0.4 is 0 Å². The molecule has 0 radical (unpaired) electrons. The van der Waals surface area contributed by atoms with E-state index in [-0.39, 0.29) is 6.42 Å². The first kappa shape index (κ1) is 17.7. The Morgan fingerprint density at radius 3 is 2.00 bits per heavy atom. The second-order valence-corrected chi connectivity index (χ2v) is 6.62. The number of carboxylic acid groups (broad SMARTS) is 1. The van der Waals surface area contributed by atoms with E-state index < -0.39 is 5.97 Å². The van der Waals surface area contributed by atoms with Crippen LogP contribution in [0.15, 0.2) is 91.1 Å². The number of nitrogens with zero attached hydrogens (tertiary/aromatic N) is 2. The third-order valence-corrected chi connectivity index (χ3v) is 4.68. The highest BCUT2D eigenvalue weighted by Crippen LogP contribution is 2.28. The van der Waals surface area contributed by atoms with Gasteiger partial charge in [-0.15, -0.1) is 0 Å². The summed E-state index contributed by atoms with van der Waals surface area (Å²) in [5.74, 6) is -0.808. The number of carboxylic acids is 1. The van der Waals surface area contributed by atoms with Gasteiger partial charge in [0.1, 0.15) is 0 Å². The van der Waals surface area contributed by atoms with E-state index >= 15 is 0 Å². The SMILES string of the molecule is O=C(O)CCc1cn(-c2ccccc2)nc1-c1ccc(-c2ccccc2)cc1.